The largest absolute Gasteiger partial charge is 0.466 e. The Kier molecular flexibility index (Phi) is 7.34. The molecule has 0 saturated carbocycles. The second-order valence-electron chi connectivity index (χ2n) is 9.19. The van der Waals surface area contributed by atoms with Crippen LogP contribution < -0.4 is 0 Å². The van der Waals surface area contributed by atoms with Gasteiger partial charge in [-0.25, -0.2) is 9.78 Å². The van der Waals surface area contributed by atoms with Crippen LogP contribution >= 0.6 is 0 Å². The number of ether oxygens (including phenoxy) is 1. The van der Waals surface area contributed by atoms with Gasteiger partial charge in [-0.15, -0.1) is 0 Å². The molecule has 0 N–H and O–H groups in total. The van der Waals surface area contributed by atoms with Crippen LogP contribution in [0.15, 0.2) is 89.3 Å². The standard InChI is InChI=1S/C28H34N2O2/c1-20(10-9-11-21(2)18-27(31)32-6)14-15-23-22(3)25(16-17-28(23,4)5)30-19-29-24-12-7-8-13-26(24)30/h7-15,18-19,25H,16-17H2,1-6H3/b11-9+,15-14+,20-10+,21-18-. The summed E-state index contributed by atoms with van der Waals surface area (Å²) < 4.78 is 6.99. The van der Waals surface area contributed by atoms with Crippen LogP contribution in [0.1, 0.15) is 53.5 Å². The second kappa shape index (κ2) is 9.99. The van der Waals surface area contributed by atoms with Crippen LogP contribution in [0.5, 0.6) is 0 Å². The number of carbonyl (C=O) groups excluding carboxylic acids is 1. The van der Waals surface area contributed by atoms with Gasteiger partial charge in [-0.1, -0.05) is 61.9 Å². The zero-order valence-corrected chi connectivity index (χ0v) is 20.1. The van der Waals surface area contributed by atoms with E-state index in [1.807, 2.05) is 31.5 Å². The van der Waals surface area contributed by atoms with Crippen LogP contribution in [0.4, 0.5) is 0 Å². The summed E-state index contributed by atoms with van der Waals surface area (Å²) in [5.74, 6) is -0.338. The van der Waals surface area contributed by atoms with E-state index in [1.54, 1.807) is 0 Å². The molecule has 32 heavy (non-hydrogen) atoms. The Labute approximate surface area is 191 Å². The lowest BCUT2D eigenvalue weighted by Crippen LogP contribution is -2.26. The molecule has 1 atom stereocenters. The molecule has 168 valence electrons. The molecule has 0 saturated heterocycles. The van der Waals surface area contributed by atoms with Gasteiger partial charge in [0.1, 0.15) is 0 Å². The molecule has 0 fully saturated rings. The molecular weight excluding hydrogens is 396 g/mol. The number of rotatable bonds is 6. The summed E-state index contributed by atoms with van der Waals surface area (Å²) in [5.41, 5.74) is 7.17. The summed E-state index contributed by atoms with van der Waals surface area (Å²) in [6.07, 6.45) is 16.1. The van der Waals surface area contributed by atoms with Crippen LogP contribution in [0.3, 0.4) is 0 Å². The van der Waals surface area contributed by atoms with Gasteiger partial charge in [-0.05, 0) is 67.9 Å². The van der Waals surface area contributed by atoms with Crippen molar-refractivity contribution in [3.63, 3.8) is 0 Å². The Morgan fingerprint density at radius 1 is 1.19 bits per heavy atom. The van der Waals surface area contributed by atoms with E-state index in [2.05, 4.69) is 78.4 Å². The number of methoxy groups -OCH3 is 1. The Hall–Kier alpha value is -3.14. The van der Waals surface area contributed by atoms with Gasteiger partial charge in [0.05, 0.1) is 30.5 Å². The molecule has 4 nitrogen and oxygen atoms in total. The fourth-order valence-electron chi connectivity index (χ4n) is 4.41. The van der Waals surface area contributed by atoms with E-state index in [-0.39, 0.29) is 11.4 Å². The topological polar surface area (TPSA) is 44.1 Å². The lowest BCUT2D eigenvalue weighted by molar-refractivity contribution is -0.134. The van der Waals surface area contributed by atoms with Gasteiger partial charge in [0, 0.05) is 6.08 Å². The van der Waals surface area contributed by atoms with E-state index in [4.69, 9.17) is 0 Å². The molecule has 0 spiro atoms. The van der Waals surface area contributed by atoms with Crippen molar-refractivity contribution in [3.8, 4) is 0 Å². The lowest BCUT2D eigenvalue weighted by atomic mass is 9.70. The second-order valence-corrected chi connectivity index (χ2v) is 9.19. The van der Waals surface area contributed by atoms with Crippen molar-refractivity contribution < 1.29 is 9.53 Å². The van der Waals surface area contributed by atoms with Crippen molar-refractivity contribution in [2.75, 3.05) is 7.11 Å². The van der Waals surface area contributed by atoms with Crippen molar-refractivity contribution in [2.24, 2.45) is 5.41 Å². The molecule has 0 aliphatic heterocycles. The first-order chi connectivity index (χ1) is 15.2. The van der Waals surface area contributed by atoms with Gasteiger partial charge in [0.2, 0.25) is 0 Å². The number of aromatic nitrogens is 2. The molecule has 1 aromatic heterocycles. The number of hydrogen-bond donors (Lipinski definition) is 0. The van der Waals surface area contributed by atoms with E-state index in [1.165, 1.54) is 29.8 Å². The van der Waals surface area contributed by atoms with Crippen LogP contribution in [-0.4, -0.2) is 22.6 Å². The normalized spacial score (nSPS) is 20.0. The molecule has 3 rings (SSSR count). The Morgan fingerprint density at radius 3 is 2.69 bits per heavy atom. The first-order valence-electron chi connectivity index (χ1n) is 11.1. The van der Waals surface area contributed by atoms with Gasteiger partial charge in [-0.3, -0.25) is 0 Å². The van der Waals surface area contributed by atoms with Crippen LogP contribution in [-0.2, 0) is 9.53 Å². The number of esters is 1. The number of carbonyl (C=O) groups is 1. The predicted molar refractivity (Wildman–Crippen MR) is 132 cm³/mol. The zero-order valence-electron chi connectivity index (χ0n) is 20.1. The Bertz CT molecular complexity index is 1140. The quantitative estimate of drug-likeness (QED) is 0.285. The molecule has 0 amide bonds. The fraction of sp³-hybridized carbons (Fsp3) is 0.357. The molecule has 1 aromatic carbocycles. The molecule has 1 aliphatic rings. The average Bonchev–Trinajstić information content (AvgIpc) is 3.17. The molecule has 1 aliphatic carbocycles. The summed E-state index contributed by atoms with van der Waals surface area (Å²) in [6, 6.07) is 8.67. The lowest BCUT2D eigenvalue weighted by Gasteiger charge is -2.38. The first-order valence-corrected chi connectivity index (χ1v) is 11.1. The Morgan fingerprint density at radius 2 is 1.94 bits per heavy atom. The van der Waals surface area contributed by atoms with E-state index in [9.17, 15) is 4.79 Å². The number of fused-ring (bicyclic) bond motifs is 1. The highest BCUT2D eigenvalue weighted by atomic mass is 16.5. The van der Waals surface area contributed by atoms with Crippen molar-refractivity contribution in [3.05, 3.63) is 89.3 Å². The minimum Gasteiger partial charge on any atom is -0.466 e. The molecule has 1 unspecified atom stereocenters. The highest BCUT2D eigenvalue weighted by Gasteiger charge is 2.33. The number of hydrogen-bond acceptors (Lipinski definition) is 3. The maximum Gasteiger partial charge on any atom is 0.330 e. The molecule has 0 bridgehead atoms. The van der Waals surface area contributed by atoms with Gasteiger partial charge in [-0.2, -0.15) is 0 Å². The molecule has 2 aromatic rings. The summed E-state index contributed by atoms with van der Waals surface area (Å²) in [4.78, 5) is 15.9. The highest BCUT2D eigenvalue weighted by molar-refractivity contribution is 5.83. The minimum absolute atomic E-state index is 0.128. The SMILES string of the molecule is COC(=O)\C=C(C)/C=C/C=C(C)/C=C/C1=C(C)C(n2cnc3ccccc32)CCC1(C)C. The number of benzene rings is 1. The number of imidazole rings is 1. The van der Waals surface area contributed by atoms with Crippen LogP contribution in [0.2, 0.25) is 0 Å². The van der Waals surface area contributed by atoms with E-state index >= 15 is 0 Å². The number of allylic oxidation sites excluding steroid dienone is 9. The molecular formula is C28H34N2O2. The van der Waals surface area contributed by atoms with E-state index in [0.29, 0.717) is 6.04 Å². The monoisotopic (exact) mass is 430 g/mol. The van der Waals surface area contributed by atoms with Crippen LogP contribution in [0, 0.1) is 5.41 Å². The average molecular weight is 431 g/mol. The summed E-state index contributed by atoms with van der Waals surface area (Å²) in [7, 11) is 1.38. The van der Waals surface area contributed by atoms with Gasteiger partial charge >= 0.3 is 5.97 Å². The molecule has 4 heteroatoms. The Balaban J connectivity index is 1.85. The summed E-state index contributed by atoms with van der Waals surface area (Å²) in [5, 5.41) is 0. The van der Waals surface area contributed by atoms with Gasteiger partial charge in [0.15, 0.2) is 0 Å². The highest BCUT2D eigenvalue weighted by Crippen LogP contribution is 2.46. The third-order valence-electron chi connectivity index (χ3n) is 6.29. The van der Waals surface area contributed by atoms with Gasteiger partial charge < -0.3 is 9.30 Å². The number of para-hydroxylation sites is 2. The predicted octanol–water partition coefficient (Wildman–Crippen LogP) is 6.89. The van der Waals surface area contributed by atoms with Crippen molar-refractivity contribution in [2.45, 2.75) is 53.5 Å². The van der Waals surface area contributed by atoms with Crippen molar-refractivity contribution in [1.29, 1.82) is 0 Å². The van der Waals surface area contributed by atoms with E-state index in [0.717, 1.165) is 29.5 Å². The molecule has 0 radical (unpaired) electrons. The van der Waals surface area contributed by atoms with Gasteiger partial charge in [0.25, 0.3) is 0 Å². The maximum atomic E-state index is 11.3. The minimum atomic E-state index is -0.338. The maximum absolute atomic E-state index is 11.3. The smallest absolute Gasteiger partial charge is 0.330 e. The third-order valence-corrected chi connectivity index (χ3v) is 6.29. The zero-order chi connectivity index (χ0) is 23.3. The van der Waals surface area contributed by atoms with E-state index < -0.39 is 0 Å². The fourth-order valence-corrected chi connectivity index (χ4v) is 4.41. The summed E-state index contributed by atoms with van der Waals surface area (Å²) in [6.45, 7) is 10.9. The third kappa shape index (κ3) is 5.37. The van der Waals surface area contributed by atoms with Crippen molar-refractivity contribution in [1.82, 2.24) is 9.55 Å². The van der Waals surface area contributed by atoms with Crippen molar-refractivity contribution >= 4 is 17.0 Å². The summed E-state index contributed by atoms with van der Waals surface area (Å²) >= 11 is 0. The van der Waals surface area contributed by atoms with Crippen LogP contribution in [0.25, 0.3) is 11.0 Å². The first kappa shape index (κ1) is 23.5. The number of nitrogens with zero attached hydrogens (tertiary/aromatic N) is 2. The molecule has 1 heterocycles.